The first-order valence-corrected chi connectivity index (χ1v) is 8.98. The first kappa shape index (κ1) is 17.8. The summed E-state index contributed by atoms with van der Waals surface area (Å²) in [5.74, 6) is 1.78. The lowest BCUT2D eigenvalue weighted by Gasteiger charge is -2.30. The maximum Gasteiger partial charge on any atom is 0.190 e. The molecule has 23 heavy (non-hydrogen) atoms. The first-order valence-electron chi connectivity index (χ1n) is 8.98. The molecular weight excluding hydrogens is 284 g/mol. The van der Waals surface area contributed by atoms with Gasteiger partial charge < -0.3 is 15.5 Å². The molecule has 1 aliphatic heterocycles. The number of likely N-dealkylation sites (tertiary alicyclic amines) is 1. The van der Waals surface area contributed by atoms with Gasteiger partial charge in [0.15, 0.2) is 5.96 Å². The predicted molar refractivity (Wildman–Crippen MR) is 99.0 cm³/mol. The number of nitrogens with one attached hydrogen (secondary N) is 2. The Hall–Kier alpha value is -1.55. The van der Waals surface area contributed by atoms with Gasteiger partial charge in [0.25, 0.3) is 0 Å². The van der Waals surface area contributed by atoms with Crippen LogP contribution in [0.25, 0.3) is 0 Å². The van der Waals surface area contributed by atoms with Crippen LogP contribution in [-0.4, -0.2) is 50.6 Å². The lowest BCUT2D eigenvalue weighted by Crippen LogP contribution is -2.40. The van der Waals surface area contributed by atoms with E-state index >= 15 is 0 Å². The van der Waals surface area contributed by atoms with E-state index < -0.39 is 0 Å². The van der Waals surface area contributed by atoms with Crippen LogP contribution in [0.1, 0.15) is 31.7 Å². The van der Waals surface area contributed by atoms with Gasteiger partial charge in [-0.2, -0.15) is 0 Å². The van der Waals surface area contributed by atoms with Gasteiger partial charge in [-0.1, -0.05) is 37.3 Å². The summed E-state index contributed by atoms with van der Waals surface area (Å²) < 4.78 is 0. The average Bonchev–Trinajstić information content (AvgIpc) is 2.58. The molecule has 2 rings (SSSR count). The number of hydrogen-bond acceptors (Lipinski definition) is 2. The molecule has 1 aromatic carbocycles. The molecule has 0 radical (unpaired) electrons. The number of rotatable bonds is 7. The second-order valence-electron chi connectivity index (χ2n) is 6.56. The molecule has 1 unspecified atom stereocenters. The summed E-state index contributed by atoms with van der Waals surface area (Å²) in [6, 6.07) is 10.6. The highest BCUT2D eigenvalue weighted by molar-refractivity contribution is 5.79. The molecule has 0 aliphatic carbocycles. The third kappa shape index (κ3) is 7.04. The van der Waals surface area contributed by atoms with E-state index in [1.54, 1.807) is 0 Å². The Kier molecular flexibility index (Phi) is 7.95. The molecule has 1 fully saturated rings. The van der Waals surface area contributed by atoms with Crippen molar-refractivity contribution in [3.8, 4) is 0 Å². The summed E-state index contributed by atoms with van der Waals surface area (Å²) >= 11 is 0. The maximum atomic E-state index is 4.30. The summed E-state index contributed by atoms with van der Waals surface area (Å²) in [6.07, 6.45) is 4.95. The van der Waals surface area contributed by atoms with Crippen LogP contribution in [0.4, 0.5) is 0 Å². The van der Waals surface area contributed by atoms with Gasteiger partial charge in [0.1, 0.15) is 0 Å². The Morgan fingerprint density at radius 3 is 2.74 bits per heavy atom. The fourth-order valence-corrected chi connectivity index (χ4v) is 3.19. The predicted octanol–water partition coefficient (Wildman–Crippen LogP) is 2.52. The van der Waals surface area contributed by atoms with Crippen molar-refractivity contribution in [2.75, 3.05) is 39.8 Å². The lowest BCUT2D eigenvalue weighted by molar-refractivity contribution is 0.182. The Morgan fingerprint density at radius 1 is 1.22 bits per heavy atom. The maximum absolute atomic E-state index is 4.30. The van der Waals surface area contributed by atoms with E-state index in [9.17, 15) is 0 Å². The number of nitrogens with zero attached hydrogens (tertiary/aromatic N) is 2. The minimum atomic E-state index is 0.865. The fraction of sp³-hybridized carbons (Fsp3) is 0.632. The van der Waals surface area contributed by atoms with Gasteiger partial charge in [0.05, 0.1) is 0 Å². The third-order valence-electron chi connectivity index (χ3n) is 4.46. The molecule has 128 valence electrons. The highest BCUT2D eigenvalue weighted by Crippen LogP contribution is 2.15. The molecule has 1 aromatic rings. The molecule has 0 saturated carbocycles. The van der Waals surface area contributed by atoms with Crippen LogP contribution >= 0.6 is 0 Å². The van der Waals surface area contributed by atoms with Crippen molar-refractivity contribution in [3.63, 3.8) is 0 Å². The molecule has 0 bridgehead atoms. The Morgan fingerprint density at radius 2 is 2.00 bits per heavy atom. The van der Waals surface area contributed by atoms with Crippen LogP contribution in [-0.2, 0) is 6.42 Å². The van der Waals surface area contributed by atoms with Gasteiger partial charge in [-0.15, -0.1) is 0 Å². The van der Waals surface area contributed by atoms with Gasteiger partial charge >= 0.3 is 0 Å². The molecular formula is C19H32N4. The van der Waals surface area contributed by atoms with E-state index in [1.807, 2.05) is 7.05 Å². The molecule has 4 nitrogen and oxygen atoms in total. The average molecular weight is 316 g/mol. The zero-order valence-corrected chi connectivity index (χ0v) is 14.7. The zero-order valence-electron chi connectivity index (χ0n) is 14.7. The summed E-state index contributed by atoms with van der Waals surface area (Å²) in [6.45, 7) is 7.99. The molecule has 0 spiro atoms. The molecule has 1 atom stereocenters. The van der Waals surface area contributed by atoms with E-state index in [0.29, 0.717) is 0 Å². The van der Waals surface area contributed by atoms with Gasteiger partial charge in [-0.3, -0.25) is 4.99 Å². The van der Waals surface area contributed by atoms with Crippen LogP contribution in [0.3, 0.4) is 0 Å². The van der Waals surface area contributed by atoms with Crippen molar-refractivity contribution in [2.45, 2.75) is 32.6 Å². The SMILES string of the molecule is CN=C(NCCCN1CCCC(C)C1)NCCc1ccccc1. The van der Waals surface area contributed by atoms with Crippen molar-refractivity contribution in [3.05, 3.63) is 35.9 Å². The van der Waals surface area contributed by atoms with Crippen molar-refractivity contribution < 1.29 is 0 Å². The normalized spacial score (nSPS) is 19.6. The summed E-state index contributed by atoms with van der Waals surface area (Å²) in [5, 5.41) is 6.81. The Labute approximate surface area is 141 Å². The fourth-order valence-electron chi connectivity index (χ4n) is 3.19. The lowest BCUT2D eigenvalue weighted by atomic mass is 10.0. The first-order chi connectivity index (χ1) is 11.3. The van der Waals surface area contributed by atoms with Crippen molar-refractivity contribution >= 4 is 5.96 Å². The highest BCUT2D eigenvalue weighted by Gasteiger charge is 2.15. The van der Waals surface area contributed by atoms with Crippen LogP contribution in [0.5, 0.6) is 0 Å². The van der Waals surface area contributed by atoms with Crippen molar-refractivity contribution in [1.29, 1.82) is 0 Å². The smallest absolute Gasteiger partial charge is 0.190 e. The van der Waals surface area contributed by atoms with Gasteiger partial charge in [0.2, 0.25) is 0 Å². The molecule has 1 aliphatic rings. The van der Waals surface area contributed by atoms with Crippen LogP contribution in [0, 0.1) is 5.92 Å². The molecule has 2 N–H and O–H groups in total. The summed E-state index contributed by atoms with van der Waals surface area (Å²) in [4.78, 5) is 6.90. The summed E-state index contributed by atoms with van der Waals surface area (Å²) in [5.41, 5.74) is 1.36. The second-order valence-corrected chi connectivity index (χ2v) is 6.56. The number of piperidine rings is 1. The highest BCUT2D eigenvalue weighted by atomic mass is 15.2. The summed E-state index contributed by atoms with van der Waals surface area (Å²) in [7, 11) is 1.84. The molecule has 0 amide bonds. The quantitative estimate of drug-likeness (QED) is 0.461. The molecule has 1 heterocycles. The van der Waals surface area contributed by atoms with Crippen LogP contribution in [0.15, 0.2) is 35.3 Å². The number of hydrogen-bond donors (Lipinski definition) is 2. The Balaban J connectivity index is 1.56. The van der Waals surface area contributed by atoms with Gasteiger partial charge in [-0.25, -0.2) is 0 Å². The minimum Gasteiger partial charge on any atom is -0.356 e. The molecule has 4 heteroatoms. The monoisotopic (exact) mass is 316 g/mol. The van der Waals surface area contributed by atoms with Crippen molar-refractivity contribution in [1.82, 2.24) is 15.5 Å². The molecule has 1 saturated heterocycles. The topological polar surface area (TPSA) is 39.7 Å². The van der Waals surface area contributed by atoms with E-state index in [1.165, 1.54) is 44.5 Å². The second kappa shape index (κ2) is 10.3. The van der Waals surface area contributed by atoms with E-state index in [0.717, 1.165) is 31.4 Å². The Bertz CT molecular complexity index is 458. The minimum absolute atomic E-state index is 0.865. The third-order valence-corrected chi connectivity index (χ3v) is 4.46. The van der Waals surface area contributed by atoms with E-state index in [-0.39, 0.29) is 0 Å². The molecule has 0 aromatic heterocycles. The van der Waals surface area contributed by atoms with Crippen LogP contribution in [0.2, 0.25) is 0 Å². The largest absolute Gasteiger partial charge is 0.356 e. The van der Waals surface area contributed by atoms with Crippen LogP contribution < -0.4 is 10.6 Å². The number of aliphatic imine (C=N–C) groups is 1. The van der Waals surface area contributed by atoms with Gasteiger partial charge in [-0.05, 0) is 50.3 Å². The van der Waals surface area contributed by atoms with Crippen molar-refractivity contribution in [2.24, 2.45) is 10.9 Å². The van der Waals surface area contributed by atoms with E-state index in [2.05, 4.69) is 57.8 Å². The van der Waals surface area contributed by atoms with E-state index in [4.69, 9.17) is 0 Å². The standard InChI is InChI=1S/C19H32N4/c1-17-8-6-14-23(16-17)15-7-12-21-19(20-2)22-13-11-18-9-4-3-5-10-18/h3-5,9-10,17H,6-8,11-16H2,1-2H3,(H2,20,21,22). The zero-order chi connectivity index (χ0) is 16.3. The van der Waals surface area contributed by atoms with Gasteiger partial charge in [0, 0.05) is 26.7 Å². The number of guanidine groups is 1. The number of benzene rings is 1.